The summed E-state index contributed by atoms with van der Waals surface area (Å²) in [5.41, 5.74) is 12.9. The number of aromatic nitrogens is 5. The molecule has 1 atom stereocenters. The molecule has 0 fully saturated rings. The monoisotopic (exact) mass is 593 g/mol. The van der Waals surface area contributed by atoms with Gasteiger partial charge in [-0.15, -0.1) is 0 Å². The Morgan fingerprint density at radius 2 is 1.37 bits per heavy atom. The Balaban J connectivity index is 1.26. The van der Waals surface area contributed by atoms with Crippen LogP contribution in [-0.4, -0.2) is 14.5 Å². The van der Waals surface area contributed by atoms with Gasteiger partial charge in [-0.05, 0) is 89.4 Å². The molecule has 1 spiro atoms. The molecule has 0 saturated carbocycles. The zero-order valence-electron chi connectivity index (χ0n) is 25.3. The number of rotatable bonds is 2. The number of benzene rings is 5. The third-order valence-corrected chi connectivity index (χ3v) is 10.2. The van der Waals surface area contributed by atoms with E-state index in [4.69, 9.17) is 9.84 Å². The highest BCUT2D eigenvalue weighted by atomic mass is 16.5. The standard InChI is InChI=1S/C40H27N5O/c1-24-21-27(26-11-4-3-5-12-26)22-25(2)36(24)30-23-43-40-37-32(44-31-15-7-6-13-28(31)29-14-10-20-42(40)39(29)44)16-8-18-34(37)46-35-19-9-17-33(38(35)40)45(43)41-30/h3-23H,1-2H3/q+2. The zero-order valence-corrected chi connectivity index (χ0v) is 25.3. The topological polar surface area (TPSA) is 39.7 Å². The first-order chi connectivity index (χ1) is 22.6. The van der Waals surface area contributed by atoms with Crippen molar-refractivity contribution in [1.82, 2.24) is 14.5 Å². The summed E-state index contributed by atoms with van der Waals surface area (Å²) < 4.78 is 13.9. The number of hydrogen-bond acceptors (Lipinski definition) is 2. The van der Waals surface area contributed by atoms with Crippen LogP contribution in [0.25, 0.3) is 55.7 Å². The molecule has 6 heterocycles. The molecule has 0 saturated heterocycles. The van der Waals surface area contributed by atoms with Crippen molar-refractivity contribution in [1.29, 1.82) is 0 Å². The van der Waals surface area contributed by atoms with Crippen LogP contribution in [0.5, 0.6) is 11.5 Å². The van der Waals surface area contributed by atoms with Gasteiger partial charge in [-0.2, -0.15) is 9.13 Å². The van der Waals surface area contributed by atoms with Gasteiger partial charge in [-0.3, -0.25) is 0 Å². The van der Waals surface area contributed by atoms with Crippen LogP contribution in [-0.2, 0) is 5.66 Å². The minimum Gasteiger partial charge on any atom is -0.456 e. The largest absolute Gasteiger partial charge is 0.456 e. The van der Waals surface area contributed by atoms with Crippen LogP contribution in [0.2, 0.25) is 0 Å². The van der Waals surface area contributed by atoms with Crippen molar-refractivity contribution >= 4 is 21.9 Å². The van der Waals surface area contributed by atoms with Gasteiger partial charge in [0.15, 0.2) is 6.20 Å². The highest BCUT2D eigenvalue weighted by Crippen LogP contribution is 2.54. The summed E-state index contributed by atoms with van der Waals surface area (Å²) in [6.07, 6.45) is 4.47. The molecule has 0 N–H and O–H groups in total. The molecule has 6 nitrogen and oxygen atoms in total. The molecule has 5 aromatic carbocycles. The van der Waals surface area contributed by atoms with Gasteiger partial charge >= 0.3 is 5.66 Å². The second-order valence-corrected chi connectivity index (χ2v) is 12.6. The van der Waals surface area contributed by atoms with Crippen LogP contribution in [0.15, 0.2) is 128 Å². The van der Waals surface area contributed by atoms with Gasteiger partial charge in [-0.25, -0.2) is 0 Å². The van der Waals surface area contributed by atoms with Gasteiger partial charge in [0.05, 0.1) is 16.7 Å². The minimum atomic E-state index is -0.739. The lowest BCUT2D eigenvalue weighted by Gasteiger charge is -2.35. The lowest BCUT2D eigenvalue weighted by Crippen LogP contribution is -2.76. The van der Waals surface area contributed by atoms with E-state index in [1.165, 1.54) is 38.5 Å². The van der Waals surface area contributed by atoms with Crippen molar-refractivity contribution in [2.24, 2.45) is 0 Å². The lowest BCUT2D eigenvalue weighted by atomic mass is 9.84. The summed E-state index contributed by atoms with van der Waals surface area (Å²) in [5, 5.41) is 7.83. The number of pyridine rings is 1. The minimum absolute atomic E-state index is 0.739. The quantitative estimate of drug-likeness (QED) is 0.195. The van der Waals surface area contributed by atoms with Crippen molar-refractivity contribution in [3.05, 3.63) is 150 Å². The van der Waals surface area contributed by atoms with Gasteiger partial charge in [0, 0.05) is 10.9 Å². The molecule has 3 aromatic heterocycles. The number of para-hydroxylation sites is 1. The smallest absolute Gasteiger partial charge is 0.337 e. The number of ether oxygens (including phenoxy) is 1. The third kappa shape index (κ3) is 2.69. The third-order valence-electron chi connectivity index (χ3n) is 10.2. The van der Waals surface area contributed by atoms with Crippen LogP contribution in [0, 0.1) is 13.8 Å². The SMILES string of the molecule is Cc1cc(-c2ccccc2)cc(C)c1-c1c[n+]2n(n1)-c1cccc3c1C21c2c(cccc2-n2c4ccccc4c4ccc[n+]1c42)O3. The van der Waals surface area contributed by atoms with E-state index in [0.717, 1.165) is 50.9 Å². The summed E-state index contributed by atoms with van der Waals surface area (Å²) in [4.78, 5) is 2.09. The fourth-order valence-electron chi connectivity index (χ4n) is 8.57. The Hall–Kier alpha value is -6.01. The van der Waals surface area contributed by atoms with Gasteiger partial charge < -0.3 is 4.74 Å². The Kier molecular flexibility index (Phi) is 4.32. The van der Waals surface area contributed by atoms with Crippen LogP contribution in [0.1, 0.15) is 22.3 Å². The first-order valence-electron chi connectivity index (χ1n) is 15.7. The van der Waals surface area contributed by atoms with Crippen molar-refractivity contribution in [3.8, 4) is 45.3 Å². The van der Waals surface area contributed by atoms with Crippen molar-refractivity contribution in [3.63, 3.8) is 0 Å². The summed E-state index contributed by atoms with van der Waals surface area (Å²) in [7, 11) is 0. The fourth-order valence-corrected chi connectivity index (χ4v) is 8.57. The molecule has 3 aliphatic rings. The molecule has 46 heavy (non-hydrogen) atoms. The average molecular weight is 594 g/mol. The number of hydrogen-bond donors (Lipinski definition) is 0. The molecule has 11 rings (SSSR count). The van der Waals surface area contributed by atoms with E-state index in [1.54, 1.807) is 0 Å². The second-order valence-electron chi connectivity index (χ2n) is 12.6. The molecule has 8 aromatic rings. The van der Waals surface area contributed by atoms with E-state index in [0.29, 0.717) is 0 Å². The summed E-state index contributed by atoms with van der Waals surface area (Å²) in [5.74, 6) is 1.72. The predicted octanol–water partition coefficient (Wildman–Crippen LogP) is 7.53. The maximum Gasteiger partial charge on any atom is 0.337 e. The van der Waals surface area contributed by atoms with Gasteiger partial charge in [0.1, 0.15) is 39.5 Å². The molecule has 216 valence electrons. The summed E-state index contributed by atoms with van der Waals surface area (Å²) in [6.45, 7) is 4.40. The van der Waals surface area contributed by atoms with E-state index >= 15 is 0 Å². The number of nitrogens with zero attached hydrogens (tertiary/aromatic N) is 5. The van der Waals surface area contributed by atoms with Crippen molar-refractivity contribution in [2.45, 2.75) is 19.5 Å². The molecule has 0 aliphatic carbocycles. The number of aryl methyl sites for hydroxylation is 2. The molecule has 0 radical (unpaired) electrons. The summed E-state index contributed by atoms with van der Waals surface area (Å²) >= 11 is 0. The van der Waals surface area contributed by atoms with Crippen LogP contribution >= 0.6 is 0 Å². The van der Waals surface area contributed by atoms with Gasteiger partial charge in [0.25, 0.3) is 5.65 Å². The molecule has 0 amide bonds. The van der Waals surface area contributed by atoms with E-state index in [-0.39, 0.29) is 0 Å². The average Bonchev–Trinajstić information content (AvgIpc) is 3.74. The first kappa shape index (κ1) is 24.3. The Morgan fingerprint density at radius 3 is 2.17 bits per heavy atom. The zero-order chi connectivity index (χ0) is 30.3. The molecule has 1 unspecified atom stereocenters. The van der Waals surface area contributed by atoms with E-state index in [1.807, 2.05) is 0 Å². The van der Waals surface area contributed by atoms with Crippen molar-refractivity contribution < 1.29 is 14.0 Å². The maximum absolute atomic E-state index is 6.74. The first-order valence-corrected chi connectivity index (χ1v) is 15.7. The van der Waals surface area contributed by atoms with Crippen LogP contribution in [0.3, 0.4) is 0 Å². The normalized spacial score (nSPS) is 16.3. The van der Waals surface area contributed by atoms with Gasteiger partial charge in [-0.1, -0.05) is 71.4 Å². The van der Waals surface area contributed by atoms with E-state index in [9.17, 15) is 0 Å². The Morgan fingerprint density at radius 1 is 0.674 bits per heavy atom. The number of fused-ring (bicyclic) bond motifs is 6. The fraction of sp³-hybridized carbons (Fsp3) is 0.0750. The molecular formula is C40H27N5O+2. The Labute approximate surface area is 264 Å². The van der Waals surface area contributed by atoms with Crippen LogP contribution < -0.4 is 14.0 Å². The molecular weight excluding hydrogens is 566 g/mol. The lowest BCUT2D eigenvalue weighted by molar-refractivity contribution is -0.989. The molecule has 3 aliphatic heterocycles. The molecule has 6 heteroatoms. The van der Waals surface area contributed by atoms with Gasteiger partial charge in [0.2, 0.25) is 5.69 Å². The highest BCUT2D eigenvalue weighted by Gasteiger charge is 2.66. The summed E-state index contributed by atoms with van der Waals surface area (Å²) in [6, 6.07) is 41.0. The van der Waals surface area contributed by atoms with E-state index in [2.05, 4.69) is 160 Å². The predicted molar refractivity (Wildman–Crippen MR) is 177 cm³/mol. The molecule has 0 bridgehead atoms. The van der Waals surface area contributed by atoms with Crippen molar-refractivity contribution in [2.75, 3.05) is 0 Å². The second kappa shape index (κ2) is 8.17. The maximum atomic E-state index is 6.74. The Bertz CT molecular complexity index is 2620. The highest BCUT2D eigenvalue weighted by molar-refractivity contribution is 6.07. The van der Waals surface area contributed by atoms with Crippen LogP contribution in [0.4, 0.5) is 0 Å². The van der Waals surface area contributed by atoms with E-state index < -0.39 is 5.66 Å².